The van der Waals surface area contributed by atoms with Crippen LogP contribution >= 0.6 is 11.6 Å². The summed E-state index contributed by atoms with van der Waals surface area (Å²) in [5.74, 6) is 0.975. The van der Waals surface area contributed by atoms with Crippen LogP contribution in [0.15, 0.2) is 140 Å². The van der Waals surface area contributed by atoms with Crippen molar-refractivity contribution < 1.29 is 4.74 Å². The number of hydrazine groups is 3. The van der Waals surface area contributed by atoms with Crippen molar-refractivity contribution in [2.45, 2.75) is 51.1 Å². The van der Waals surface area contributed by atoms with Crippen molar-refractivity contribution in [2.75, 3.05) is 0 Å². The van der Waals surface area contributed by atoms with E-state index in [-0.39, 0.29) is 12.8 Å². The van der Waals surface area contributed by atoms with Crippen LogP contribution in [0.1, 0.15) is 65.3 Å². The minimum Gasteiger partial charge on any atom is -0.354 e. The SMILES string of the molecule is CCCCc1nc(COC(c2ccccc2)(c2ccccc2)c2ccccc2)c(Cl)n1Cc1ccc(-c2ccccc2C2NNNN2)cc1. The van der Waals surface area contributed by atoms with E-state index < -0.39 is 5.60 Å². The highest BCUT2D eigenvalue weighted by atomic mass is 35.5. The van der Waals surface area contributed by atoms with Gasteiger partial charge in [-0.15, -0.1) is 0 Å². The first-order valence-corrected chi connectivity index (χ1v) is 17.3. The number of aromatic nitrogens is 2. The fourth-order valence-corrected chi connectivity index (χ4v) is 6.90. The second-order valence-corrected chi connectivity index (χ2v) is 12.6. The van der Waals surface area contributed by atoms with Crippen LogP contribution in [0.25, 0.3) is 11.1 Å². The summed E-state index contributed by atoms with van der Waals surface area (Å²) >= 11 is 7.24. The number of ether oxygens (including phenoxy) is 1. The molecule has 5 aromatic carbocycles. The van der Waals surface area contributed by atoms with E-state index in [1.54, 1.807) is 0 Å². The summed E-state index contributed by atoms with van der Waals surface area (Å²) in [7, 11) is 0. The lowest BCUT2D eigenvalue weighted by Crippen LogP contribution is -2.33. The van der Waals surface area contributed by atoms with Crippen molar-refractivity contribution in [3.05, 3.63) is 184 Å². The standard InChI is InChI=1S/C41H41ClN6O/c1-2-3-23-38-43-37(29-49-41(32-15-7-4-8-16-32,33-17-9-5-10-18-33)34-19-11-6-12-20-34)39(42)48(38)28-30-24-26-31(27-25-30)35-21-13-14-22-36(35)40-44-46-47-45-40/h4-22,24-27,40,44-47H,2-3,23,28-29H2,1H3. The second-order valence-electron chi connectivity index (χ2n) is 12.3. The van der Waals surface area contributed by atoms with Gasteiger partial charge in [0, 0.05) is 6.42 Å². The van der Waals surface area contributed by atoms with Crippen LogP contribution in [0.5, 0.6) is 0 Å². The predicted octanol–water partition coefficient (Wildman–Crippen LogP) is 8.22. The molecule has 1 aromatic heterocycles. The largest absolute Gasteiger partial charge is 0.354 e. The molecule has 1 aliphatic rings. The molecule has 0 saturated carbocycles. The zero-order chi connectivity index (χ0) is 33.5. The van der Waals surface area contributed by atoms with Gasteiger partial charge in [0.15, 0.2) is 0 Å². The zero-order valence-corrected chi connectivity index (χ0v) is 28.3. The number of benzene rings is 5. The van der Waals surface area contributed by atoms with Crippen molar-refractivity contribution >= 4 is 11.6 Å². The van der Waals surface area contributed by atoms with Gasteiger partial charge in [-0.25, -0.2) is 15.8 Å². The molecule has 0 radical (unpaired) electrons. The Labute approximate surface area is 293 Å². The van der Waals surface area contributed by atoms with E-state index in [4.69, 9.17) is 21.3 Å². The van der Waals surface area contributed by atoms with E-state index in [1.165, 1.54) is 0 Å². The third-order valence-corrected chi connectivity index (χ3v) is 9.57. The third kappa shape index (κ3) is 6.96. The van der Waals surface area contributed by atoms with E-state index in [0.717, 1.165) is 69.7 Å². The highest BCUT2D eigenvalue weighted by molar-refractivity contribution is 6.30. The van der Waals surface area contributed by atoms with Crippen LogP contribution in [0, 0.1) is 0 Å². The van der Waals surface area contributed by atoms with Gasteiger partial charge in [-0.1, -0.05) is 164 Å². The smallest absolute Gasteiger partial charge is 0.144 e. The van der Waals surface area contributed by atoms with Crippen molar-refractivity contribution in [3.63, 3.8) is 0 Å². The lowest BCUT2D eigenvalue weighted by molar-refractivity contribution is -0.00128. The topological polar surface area (TPSA) is 75.2 Å². The fourth-order valence-electron chi connectivity index (χ4n) is 6.65. The summed E-state index contributed by atoms with van der Waals surface area (Å²) in [6.07, 6.45) is 2.89. The number of hydrogen-bond acceptors (Lipinski definition) is 6. The van der Waals surface area contributed by atoms with E-state index in [2.05, 4.69) is 155 Å². The van der Waals surface area contributed by atoms with Crippen molar-refractivity contribution in [1.82, 2.24) is 31.5 Å². The molecule has 248 valence electrons. The quantitative estimate of drug-likeness (QED) is 0.0930. The maximum absolute atomic E-state index is 7.24. The number of rotatable bonds is 13. The molecular formula is C41H41ClN6O. The van der Waals surface area contributed by atoms with Gasteiger partial charge < -0.3 is 9.30 Å². The van der Waals surface area contributed by atoms with Gasteiger partial charge in [-0.3, -0.25) is 0 Å². The molecule has 8 heteroatoms. The minimum absolute atomic E-state index is 0.0493. The fraction of sp³-hybridized carbons (Fsp3) is 0.195. The number of unbranched alkanes of at least 4 members (excludes halogenated alkanes) is 1. The molecular weight excluding hydrogens is 628 g/mol. The molecule has 2 heterocycles. The molecule has 6 aromatic rings. The summed E-state index contributed by atoms with van der Waals surface area (Å²) < 4.78 is 9.27. The van der Waals surface area contributed by atoms with E-state index in [1.807, 2.05) is 18.2 Å². The number of aryl methyl sites for hydroxylation is 1. The Morgan fingerprint density at radius 2 is 1.27 bits per heavy atom. The molecule has 0 unspecified atom stereocenters. The Morgan fingerprint density at radius 1 is 0.714 bits per heavy atom. The molecule has 0 amide bonds. The first-order chi connectivity index (χ1) is 24.2. The van der Waals surface area contributed by atoms with Crippen LogP contribution in [0.3, 0.4) is 0 Å². The van der Waals surface area contributed by atoms with E-state index in [0.29, 0.717) is 11.7 Å². The molecule has 49 heavy (non-hydrogen) atoms. The summed E-state index contributed by atoms with van der Waals surface area (Å²) in [6, 6.07) is 48.3. The summed E-state index contributed by atoms with van der Waals surface area (Å²) in [4.78, 5) is 5.13. The summed E-state index contributed by atoms with van der Waals surface area (Å²) in [5.41, 5.74) is 19.8. The summed E-state index contributed by atoms with van der Waals surface area (Å²) in [6.45, 7) is 3.06. The lowest BCUT2D eigenvalue weighted by Gasteiger charge is -2.35. The Kier molecular flexibility index (Phi) is 10.3. The van der Waals surface area contributed by atoms with Crippen molar-refractivity contribution in [1.29, 1.82) is 0 Å². The number of imidazole rings is 1. The molecule has 1 saturated heterocycles. The Hall–Kier alpha value is -4.60. The van der Waals surface area contributed by atoms with E-state index in [9.17, 15) is 0 Å². The normalized spacial score (nSPS) is 13.6. The monoisotopic (exact) mass is 668 g/mol. The number of hydrogen-bond donors (Lipinski definition) is 4. The van der Waals surface area contributed by atoms with Gasteiger partial charge in [0.2, 0.25) is 0 Å². The van der Waals surface area contributed by atoms with Crippen LogP contribution in [0.4, 0.5) is 0 Å². The molecule has 1 fully saturated rings. The number of nitrogens with one attached hydrogen (secondary N) is 4. The number of halogens is 1. The van der Waals surface area contributed by atoms with Crippen LogP contribution in [-0.2, 0) is 29.9 Å². The second kappa shape index (κ2) is 15.3. The Morgan fingerprint density at radius 3 is 1.84 bits per heavy atom. The summed E-state index contributed by atoms with van der Waals surface area (Å²) in [5, 5.41) is 0.613. The first-order valence-electron chi connectivity index (χ1n) is 16.9. The van der Waals surface area contributed by atoms with Gasteiger partial charge >= 0.3 is 0 Å². The molecule has 0 spiro atoms. The highest BCUT2D eigenvalue weighted by Crippen LogP contribution is 2.41. The minimum atomic E-state index is -0.859. The Balaban J connectivity index is 1.20. The van der Waals surface area contributed by atoms with Gasteiger partial charge in [-0.05, 0) is 45.4 Å². The zero-order valence-electron chi connectivity index (χ0n) is 27.6. The average molecular weight is 669 g/mol. The lowest BCUT2D eigenvalue weighted by atomic mass is 9.80. The molecule has 0 aliphatic carbocycles. The van der Waals surface area contributed by atoms with Gasteiger partial charge in [0.05, 0.1) is 13.2 Å². The average Bonchev–Trinajstić information content (AvgIpc) is 3.81. The first kappa shape index (κ1) is 32.9. The molecule has 1 aliphatic heterocycles. The van der Waals surface area contributed by atoms with Crippen LogP contribution < -0.4 is 21.9 Å². The van der Waals surface area contributed by atoms with Gasteiger partial charge in [0.25, 0.3) is 0 Å². The highest BCUT2D eigenvalue weighted by Gasteiger charge is 2.38. The molecule has 7 rings (SSSR count). The molecule has 0 bridgehead atoms. The maximum atomic E-state index is 7.24. The van der Waals surface area contributed by atoms with Gasteiger partial charge in [0.1, 0.15) is 28.4 Å². The predicted molar refractivity (Wildman–Crippen MR) is 196 cm³/mol. The van der Waals surface area contributed by atoms with Gasteiger partial charge in [-0.2, -0.15) is 11.1 Å². The maximum Gasteiger partial charge on any atom is 0.144 e. The Bertz CT molecular complexity index is 1850. The molecule has 0 atom stereocenters. The van der Waals surface area contributed by atoms with E-state index >= 15 is 0 Å². The molecule has 7 nitrogen and oxygen atoms in total. The van der Waals surface area contributed by atoms with Crippen LogP contribution in [0.2, 0.25) is 5.15 Å². The van der Waals surface area contributed by atoms with Crippen LogP contribution in [-0.4, -0.2) is 9.55 Å². The third-order valence-electron chi connectivity index (χ3n) is 9.14. The van der Waals surface area contributed by atoms with Crippen molar-refractivity contribution in [3.8, 4) is 11.1 Å². The number of nitrogens with zero attached hydrogens (tertiary/aromatic N) is 2. The van der Waals surface area contributed by atoms with Crippen molar-refractivity contribution in [2.24, 2.45) is 0 Å². The molecule has 4 N–H and O–H groups in total.